The monoisotopic (exact) mass is 378 g/mol. The Labute approximate surface area is 165 Å². The predicted octanol–water partition coefficient (Wildman–Crippen LogP) is 5.46. The first kappa shape index (κ1) is 17.0. The number of aromatic hydroxyl groups is 1. The Hall–Kier alpha value is -3.15. The zero-order valence-corrected chi connectivity index (χ0v) is 16.2. The van der Waals surface area contributed by atoms with Crippen molar-refractivity contribution < 1.29 is 5.11 Å². The molecule has 0 saturated heterocycles. The largest absolute Gasteiger partial charge is 0.508 e. The van der Waals surface area contributed by atoms with Crippen LogP contribution in [0.25, 0.3) is 21.5 Å². The topological polar surface area (TPSA) is 20.2 Å². The number of phenols is 1. The molecule has 0 saturated carbocycles. The minimum absolute atomic E-state index is 0.300. The van der Waals surface area contributed by atoms with Crippen LogP contribution in [0.4, 0.5) is 0 Å². The molecule has 0 aliphatic heterocycles. The maximum absolute atomic E-state index is 9.83. The van der Waals surface area contributed by atoms with Gasteiger partial charge in [-0.3, -0.25) is 0 Å². The van der Waals surface area contributed by atoms with E-state index in [0.29, 0.717) is 5.75 Å². The fraction of sp³-hybridized carbons (Fsp3) is 0. The number of benzene rings is 5. The van der Waals surface area contributed by atoms with Crippen molar-refractivity contribution in [2.45, 2.75) is 0 Å². The van der Waals surface area contributed by atoms with Crippen molar-refractivity contribution >= 4 is 45.4 Å². The van der Waals surface area contributed by atoms with Gasteiger partial charge in [0, 0.05) is 0 Å². The molecule has 0 atom stereocenters. The first-order valence-electron chi connectivity index (χ1n) is 9.36. The Morgan fingerprint density at radius 3 is 1.46 bits per heavy atom. The second-order valence-electron chi connectivity index (χ2n) is 6.85. The lowest BCUT2D eigenvalue weighted by Gasteiger charge is -2.23. The Bertz CT molecular complexity index is 1180. The molecule has 0 amide bonds. The molecule has 0 aliphatic rings. The third-order valence-corrected chi connectivity index (χ3v) is 7.68. The van der Waals surface area contributed by atoms with E-state index in [1.807, 2.05) is 0 Å². The van der Waals surface area contributed by atoms with E-state index in [0.717, 1.165) is 0 Å². The highest BCUT2D eigenvalue weighted by Gasteiger charge is 2.20. The number of hydrogen-bond donors (Lipinski definition) is 1. The van der Waals surface area contributed by atoms with Gasteiger partial charge in [0.2, 0.25) is 0 Å². The van der Waals surface area contributed by atoms with Crippen LogP contribution in [0, 0.1) is 0 Å². The standard InChI is InChI=1S/C26H19OP/c27-21-15-17-22(18-16-21)28(25-13-5-9-19-7-1-3-11-23(19)25)26-14-6-10-20-8-2-4-12-24(20)26/h1-18,27H. The normalized spacial score (nSPS) is 11.3. The molecular formula is C26H19OP. The van der Waals surface area contributed by atoms with Crippen molar-refractivity contribution in [2.75, 3.05) is 0 Å². The van der Waals surface area contributed by atoms with Gasteiger partial charge in [-0.25, -0.2) is 0 Å². The predicted molar refractivity (Wildman–Crippen MR) is 122 cm³/mol. The number of phenolic OH excluding ortho intramolecular Hbond substituents is 1. The molecule has 0 bridgehead atoms. The van der Waals surface area contributed by atoms with Gasteiger partial charge in [0.15, 0.2) is 0 Å². The highest BCUT2D eigenvalue weighted by atomic mass is 31.1. The smallest absolute Gasteiger partial charge is 0.115 e. The zero-order chi connectivity index (χ0) is 18.9. The lowest BCUT2D eigenvalue weighted by Crippen LogP contribution is -2.21. The molecule has 2 heteroatoms. The third kappa shape index (κ3) is 2.95. The van der Waals surface area contributed by atoms with Crippen LogP contribution in [0.1, 0.15) is 0 Å². The summed E-state index contributed by atoms with van der Waals surface area (Å²) in [5.41, 5.74) is 0. The van der Waals surface area contributed by atoms with Gasteiger partial charge in [-0.05, 0) is 57.5 Å². The quantitative estimate of drug-likeness (QED) is 0.414. The minimum atomic E-state index is -0.769. The fourth-order valence-electron chi connectivity index (χ4n) is 3.82. The summed E-state index contributed by atoms with van der Waals surface area (Å²) in [6.45, 7) is 0. The summed E-state index contributed by atoms with van der Waals surface area (Å²) in [4.78, 5) is 0. The van der Waals surface area contributed by atoms with Crippen molar-refractivity contribution in [3.05, 3.63) is 109 Å². The molecule has 1 nitrogen and oxygen atoms in total. The molecule has 134 valence electrons. The zero-order valence-electron chi connectivity index (χ0n) is 15.3. The molecule has 0 fully saturated rings. The summed E-state index contributed by atoms with van der Waals surface area (Å²) in [7, 11) is -0.769. The second-order valence-corrected chi connectivity index (χ2v) is 9.00. The van der Waals surface area contributed by atoms with E-state index in [1.54, 1.807) is 12.1 Å². The van der Waals surface area contributed by atoms with Crippen LogP contribution in [0.2, 0.25) is 0 Å². The van der Waals surface area contributed by atoms with E-state index < -0.39 is 7.92 Å². The van der Waals surface area contributed by atoms with Gasteiger partial charge in [0.05, 0.1) is 0 Å². The molecule has 5 aromatic rings. The summed E-state index contributed by atoms with van der Waals surface area (Å²) in [6.07, 6.45) is 0. The van der Waals surface area contributed by atoms with Crippen LogP contribution in [0.15, 0.2) is 109 Å². The summed E-state index contributed by atoms with van der Waals surface area (Å²) < 4.78 is 0. The molecular weight excluding hydrogens is 359 g/mol. The van der Waals surface area contributed by atoms with E-state index in [9.17, 15) is 5.11 Å². The van der Waals surface area contributed by atoms with Crippen molar-refractivity contribution in [1.29, 1.82) is 0 Å². The first-order chi connectivity index (χ1) is 13.8. The molecule has 0 aromatic heterocycles. The fourth-order valence-corrected chi connectivity index (χ4v) is 6.44. The van der Waals surface area contributed by atoms with Gasteiger partial charge in [-0.1, -0.05) is 97.1 Å². The molecule has 0 aliphatic carbocycles. The molecule has 28 heavy (non-hydrogen) atoms. The average molecular weight is 378 g/mol. The van der Waals surface area contributed by atoms with Crippen molar-refractivity contribution in [3.63, 3.8) is 0 Å². The summed E-state index contributed by atoms with van der Waals surface area (Å²) >= 11 is 0. The van der Waals surface area contributed by atoms with Gasteiger partial charge >= 0.3 is 0 Å². The molecule has 0 spiro atoms. The van der Waals surface area contributed by atoms with E-state index in [4.69, 9.17) is 0 Å². The Morgan fingerprint density at radius 2 is 0.929 bits per heavy atom. The van der Waals surface area contributed by atoms with Crippen LogP contribution in [0.3, 0.4) is 0 Å². The van der Waals surface area contributed by atoms with E-state index in [-0.39, 0.29) is 0 Å². The maximum Gasteiger partial charge on any atom is 0.115 e. The summed E-state index contributed by atoms with van der Waals surface area (Å²) in [5, 5.41) is 18.8. The van der Waals surface area contributed by atoms with Gasteiger partial charge < -0.3 is 5.11 Å². The van der Waals surface area contributed by atoms with Gasteiger partial charge in [-0.2, -0.15) is 0 Å². The summed E-state index contributed by atoms with van der Waals surface area (Å²) in [5.74, 6) is 0.300. The van der Waals surface area contributed by atoms with Crippen LogP contribution in [-0.2, 0) is 0 Å². The van der Waals surface area contributed by atoms with Crippen molar-refractivity contribution in [1.82, 2.24) is 0 Å². The molecule has 5 rings (SSSR count). The van der Waals surface area contributed by atoms with Gasteiger partial charge in [0.1, 0.15) is 5.75 Å². The first-order valence-corrected chi connectivity index (χ1v) is 10.7. The minimum Gasteiger partial charge on any atom is -0.508 e. The maximum atomic E-state index is 9.83. The van der Waals surface area contributed by atoms with Crippen LogP contribution in [0.5, 0.6) is 5.75 Å². The lowest BCUT2D eigenvalue weighted by molar-refractivity contribution is 0.475. The number of fused-ring (bicyclic) bond motifs is 2. The molecule has 0 unspecified atom stereocenters. The molecule has 5 aromatic carbocycles. The Balaban J connectivity index is 1.84. The number of hydrogen-bond acceptors (Lipinski definition) is 1. The van der Waals surface area contributed by atoms with Crippen molar-refractivity contribution in [3.8, 4) is 5.75 Å². The number of rotatable bonds is 3. The molecule has 0 heterocycles. The van der Waals surface area contributed by atoms with Gasteiger partial charge in [-0.15, -0.1) is 0 Å². The van der Waals surface area contributed by atoms with Crippen LogP contribution in [-0.4, -0.2) is 5.11 Å². The lowest BCUT2D eigenvalue weighted by atomic mass is 10.1. The highest BCUT2D eigenvalue weighted by molar-refractivity contribution is 7.80. The molecule has 0 radical (unpaired) electrons. The van der Waals surface area contributed by atoms with E-state index in [1.165, 1.54) is 37.5 Å². The van der Waals surface area contributed by atoms with E-state index in [2.05, 4.69) is 97.1 Å². The Kier molecular flexibility index (Phi) is 4.31. The molecule has 1 N–H and O–H groups in total. The van der Waals surface area contributed by atoms with Crippen molar-refractivity contribution in [2.24, 2.45) is 0 Å². The SMILES string of the molecule is Oc1ccc(P(c2cccc3ccccc23)c2cccc3ccccc23)cc1. The second kappa shape index (κ2) is 7.11. The third-order valence-electron chi connectivity index (χ3n) is 5.12. The average Bonchev–Trinajstić information content (AvgIpc) is 2.75. The van der Waals surface area contributed by atoms with Crippen LogP contribution < -0.4 is 15.9 Å². The Morgan fingerprint density at radius 1 is 0.464 bits per heavy atom. The van der Waals surface area contributed by atoms with Gasteiger partial charge in [0.25, 0.3) is 0 Å². The van der Waals surface area contributed by atoms with Crippen LogP contribution >= 0.6 is 7.92 Å². The summed E-state index contributed by atoms with van der Waals surface area (Å²) in [6, 6.07) is 38.0. The van der Waals surface area contributed by atoms with E-state index >= 15 is 0 Å². The highest BCUT2D eigenvalue weighted by Crippen LogP contribution is 2.38.